The molecule has 1 aromatic rings. The summed E-state index contributed by atoms with van der Waals surface area (Å²) in [6.07, 6.45) is 4.89. The van der Waals surface area contributed by atoms with Gasteiger partial charge in [0, 0.05) is 38.5 Å². The topological polar surface area (TPSA) is 48.4 Å². The summed E-state index contributed by atoms with van der Waals surface area (Å²) in [5.41, 5.74) is 1.24. The van der Waals surface area contributed by atoms with Crippen LogP contribution in [0.25, 0.3) is 0 Å². The largest absolute Gasteiger partial charge is 0.396 e. The van der Waals surface area contributed by atoms with E-state index < -0.39 is 0 Å². The Morgan fingerprint density at radius 3 is 2.89 bits per heavy atom. The van der Waals surface area contributed by atoms with Gasteiger partial charge in [-0.3, -0.25) is 0 Å². The summed E-state index contributed by atoms with van der Waals surface area (Å²) >= 11 is 0. The summed E-state index contributed by atoms with van der Waals surface area (Å²) in [6, 6.07) is 4.10. The predicted octanol–water partition coefficient (Wildman–Crippen LogP) is 1.79. The highest BCUT2D eigenvalue weighted by Crippen LogP contribution is 2.16. The molecule has 0 aliphatic heterocycles. The summed E-state index contributed by atoms with van der Waals surface area (Å²) in [4.78, 5) is 6.67. The molecular weight excluding hydrogens is 226 g/mol. The van der Waals surface area contributed by atoms with Crippen LogP contribution in [0.1, 0.15) is 31.7 Å². The van der Waals surface area contributed by atoms with Crippen LogP contribution in [0.15, 0.2) is 18.3 Å². The molecule has 0 amide bonds. The van der Waals surface area contributed by atoms with Crippen LogP contribution in [0.4, 0.5) is 5.82 Å². The van der Waals surface area contributed by atoms with Gasteiger partial charge in [-0.25, -0.2) is 4.98 Å². The van der Waals surface area contributed by atoms with Crippen molar-refractivity contribution in [2.24, 2.45) is 0 Å². The van der Waals surface area contributed by atoms with Crippen LogP contribution in [-0.2, 0) is 6.54 Å². The lowest BCUT2D eigenvalue weighted by Gasteiger charge is -2.21. The number of aromatic nitrogens is 1. The Hall–Kier alpha value is -1.13. The number of nitrogens with zero attached hydrogens (tertiary/aromatic N) is 2. The van der Waals surface area contributed by atoms with E-state index in [1.54, 1.807) is 0 Å². The maximum Gasteiger partial charge on any atom is 0.132 e. The number of aliphatic hydroxyl groups excluding tert-OH is 1. The molecule has 102 valence electrons. The molecule has 1 rings (SSSR count). The van der Waals surface area contributed by atoms with E-state index in [9.17, 15) is 0 Å². The van der Waals surface area contributed by atoms with Crippen molar-refractivity contribution in [3.05, 3.63) is 23.9 Å². The third-order valence-electron chi connectivity index (χ3n) is 2.95. The molecule has 0 unspecified atom stereocenters. The van der Waals surface area contributed by atoms with Gasteiger partial charge in [0.1, 0.15) is 5.82 Å². The van der Waals surface area contributed by atoms with Gasteiger partial charge in [0.2, 0.25) is 0 Å². The first-order valence-corrected chi connectivity index (χ1v) is 6.76. The summed E-state index contributed by atoms with van der Waals surface area (Å²) in [5.74, 6) is 1.06. The van der Waals surface area contributed by atoms with Gasteiger partial charge in [0.25, 0.3) is 0 Å². The van der Waals surface area contributed by atoms with Crippen molar-refractivity contribution in [3.63, 3.8) is 0 Å². The lowest BCUT2D eigenvalue weighted by Crippen LogP contribution is -2.23. The third-order valence-corrected chi connectivity index (χ3v) is 2.95. The SMILES string of the molecule is CCNCc1cccnc1N(C)CCCCCO. The van der Waals surface area contributed by atoms with Crippen molar-refractivity contribution in [1.82, 2.24) is 10.3 Å². The zero-order valence-electron chi connectivity index (χ0n) is 11.5. The molecular formula is C14H25N3O. The second-order valence-corrected chi connectivity index (χ2v) is 4.47. The quantitative estimate of drug-likeness (QED) is 0.657. The van der Waals surface area contributed by atoms with Crippen LogP contribution in [0, 0.1) is 0 Å². The number of rotatable bonds is 9. The molecule has 0 aliphatic carbocycles. The second kappa shape index (κ2) is 8.89. The first kappa shape index (κ1) is 14.9. The fourth-order valence-corrected chi connectivity index (χ4v) is 1.92. The van der Waals surface area contributed by atoms with Crippen molar-refractivity contribution >= 4 is 5.82 Å². The normalized spacial score (nSPS) is 10.6. The Bertz CT molecular complexity index is 331. The molecule has 0 aliphatic rings. The fraction of sp³-hybridized carbons (Fsp3) is 0.643. The smallest absolute Gasteiger partial charge is 0.132 e. The number of anilines is 1. The van der Waals surface area contributed by atoms with Gasteiger partial charge in [-0.1, -0.05) is 13.0 Å². The highest BCUT2D eigenvalue weighted by Gasteiger charge is 2.07. The molecule has 4 nitrogen and oxygen atoms in total. The second-order valence-electron chi connectivity index (χ2n) is 4.47. The minimum atomic E-state index is 0.291. The minimum Gasteiger partial charge on any atom is -0.396 e. The maximum atomic E-state index is 8.76. The molecule has 2 N–H and O–H groups in total. The standard InChI is InChI=1S/C14H25N3O/c1-3-15-12-13-8-7-9-16-14(13)17(2)10-5-4-6-11-18/h7-9,15,18H,3-6,10-12H2,1-2H3. The van der Waals surface area contributed by atoms with E-state index in [1.807, 2.05) is 12.3 Å². The first-order valence-electron chi connectivity index (χ1n) is 6.76. The molecule has 0 radical (unpaired) electrons. The summed E-state index contributed by atoms with van der Waals surface area (Å²) in [5, 5.41) is 12.1. The van der Waals surface area contributed by atoms with Crippen LogP contribution in [-0.4, -0.2) is 36.8 Å². The predicted molar refractivity (Wildman–Crippen MR) is 75.8 cm³/mol. The lowest BCUT2D eigenvalue weighted by atomic mass is 10.2. The Kier molecular flexibility index (Phi) is 7.37. The minimum absolute atomic E-state index is 0.291. The van der Waals surface area contributed by atoms with E-state index in [0.717, 1.165) is 44.7 Å². The van der Waals surface area contributed by atoms with Gasteiger partial charge in [-0.2, -0.15) is 0 Å². The summed E-state index contributed by atoms with van der Waals surface area (Å²) in [7, 11) is 2.08. The molecule has 1 heterocycles. The molecule has 0 aromatic carbocycles. The summed E-state index contributed by atoms with van der Waals surface area (Å²) in [6.45, 7) is 5.21. The number of pyridine rings is 1. The van der Waals surface area contributed by atoms with E-state index in [4.69, 9.17) is 5.11 Å². The fourth-order valence-electron chi connectivity index (χ4n) is 1.92. The Morgan fingerprint density at radius 2 is 2.17 bits per heavy atom. The van der Waals surface area contributed by atoms with E-state index in [1.165, 1.54) is 5.56 Å². The zero-order chi connectivity index (χ0) is 13.2. The van der Waals surface area contributed by atoms with Gasteiger partial charge in [0.05, 0.1) is 0 Å². The highest BCUT2D eigenvalue weighted by molar-refractivity contribution is 5.45. The van der Waals surface area contributed by atoms with Crippen molar-refractivity contribution in [2.75, 3.05) is 31.6 Å². The Balaban J connectivity index is 2.52. The van der Waals surface area contributed by atoms with Crippen LogP contribution >= 0.6 is 0 Å². The monoisotopic (exact) mass is 251 g/mol. The van der Waals surface area contributed by atoms with E-state index in [0.29, 0.717) is 6.61 Å². The maximum absolute atomic E-state index is 8.76. The first-order chi connectivity index (χ1) is 8.79. The molecule has 0 bridgehead atoms. The van der Waals surface area contributed by atoms with Crippen molar-refractivity contribution in [2.45, 2.75) is 32.7 Å². The van der Waals surface area contributed by atoms with Crippen molar-refractivity contribution in [1.29, 1.82) is 0 Å². The van der Waals surface area contributed by atoms with Gasteiger partial charge in [-0.05, 0) is 31.9 Å². The molecule has 0 saturated heterocycles. The molecule has 0 spiro atoms. The van der Waals surface area contributed by atoms with E-state index in [-0.39, 0.29) is 0 Å². The molecule has 1 aromatic heterocycles. The average Bonchev–Trinajstić information content (AvgIpc) is 2.41. The Labute approximate surface area is 110 Å². The molecule has 0 saturated carbocycles. The van der Waals surface area contributed by atoms with Crippen molar-refractivity contribution in [3.8, 4) is 0 Å². The van der Waals surface area contributed by atoms with Gasteiger partial charge in [0.15, 0.2) is 0 Å². The lowest BCUT2D eigenvalue weighted by molar-refractivity contribution is 0.283. The highest BCUT2D eigenvalue weighted by atomic mass is 16.2. The zero-order valence-corrected chi connectivity index (χ0v) is 11.5. The van der Waals surface area contributed by atoms with Crippen LogP contribution < -0.4 is 10.2 Å². The molecule has 4 heteroatoms. The number of nitrogens with one attached hydrogen (secondary N) is 1. The van der Waals surface area contributed by atoms with Gasteiger partial charge < -0.3 is 15.3 Å². The van der Waals surface area contributed by atoms with Gasteiger partial charge in [-0.15, -0.1) is 0 Å². The van der Waals surface area contributed by atoms with Crippen LogP contribution in [0.3, 0.4) is 0 Å². The number of aliphatic hydroxyl groups is 1. The molecule has 18 heavy (non-hydrogen) atoms. The van der Waals surface area contributed by atoms with Gasteiger partial charge >= 0.3 is 0 Å². The Morgan fingerprint density at radius 1 is 1.33 bits per heavy atom. The number of hydrogen-bond acceptors (Lipinski definition) is 4. The number of unbranched alkanes of at least 4 members (excludes halogenated alkanes) is 2. The van der Waals surface area contributed by atoms with Crippen molar-refractivity contribution < 1.29 is 5.11 Å². The number of hydrogen-bond donors (Lipinski definition) is 2. The molecule has 0 fully saturated rings. The average molecular weight is 251 g/mol. The van der Waals surface area contributed by atoms with Crippen LogP contribution in [0.5, 0.6) is 0 Å². The molecule has 0 atom stereocenters. The summed E-state index contributed by atoms with van der Waals surface area (Å²) < 4.78 is 0. The van der Waals surface area contributed by atoms with E-state index in [2.05, 4.69) is 35.2 Å². The van der Waals surface area contributed by atoms with E-state index >= 15 is 0 Å². The third kappa shape index (κ3) is 5.02. The van der Waals surface area contributed by atoms with Crippen LogP contribution in [0.2, 0.25) is 0 Å².